The molecule has 0 aliphatic heterocycles. The van der Waals surface area contributed by atoms with E-state index in [0.717, 1.165) is 51.4 Å². The maximum atomic E-state index is 13.3. The van der Waals surface area contributed by atoms with Gasteiger partial charge in [-0.15, -0.1) is 0 Å². The molecule has 0 radical (unpaired) electrons. The van der Waals surface area contributed by atoms with Gasteiger partial charge in [0.05, 0.1) is 18.8 Å². The first-order chi connectivity index (χ1) is 16.5. The lowest BCUT2D eigenvalue weighted by atomic mass is 9.80. The number of carbonyl (C=O) groups excluding carboxylic acids is 2. The molecule has 0 atom stereocenters. The zero-order chi connectivity index (χ0) is 25.0. The lowest BCUT2D eigenvalue weighted by molar-refractivity contribution is -0.143. The van der Waals surface area contributed by atoms with Crippen molar-refractivity contribution in [3.05, 3.63) is 11.1 Å². The number of hydrogen-bond donors (Lipinski definition) is 0. The fourth-order valence-electron chi connectivity index (χ4n) is 4.90. The van der Waals surface area contributed by atoms with E-state index in [1.807, 2.05) is 0 Å². The molecule has 198 valence electrons. The van der Waals surface area contributed by atoms with Crippen molar-refractivity contribution in [2.45, 2.75) is 143 Å². The van der Waals surface area contributed by atoms with Crippen molar-refractivity contribution in [3.8, 4) is 0 Å². The van der Waals surface area contributed by atoms with Crippen LogP contribution in [0.25, 0.3) is 0 Å². The van der Waals surface area contributed by atoms with Gasteiger partial charge in [0, 0.05) is 5.57 Å². The molecule has 0 bridgehead atoms. The largest absolute Gasteiger partial charge is 0.462 e. The summed E-state index contributed by atoms with van der Waals surface area (Å²) in [7, 11) is 0. The van der Waals surface area contributed by atoms with Crippen LogP contribution in [0.15, 0.2) is 11.1 Å². The molecular weight excluding hydrogens is 424 g/mol. The summed E-state index contributed by atoms with van der Waals surface area (Å²) in [5.41, 5.74) is 1.22. The van der Waals surface area contributed by atoms with Gasteiger partial charge in [0.25, 0.3) is 0 Å². The molecule has 1 aliphatic carbocycles. The van der Waals surface area contributed by atoms with Gasteiger partial charge in [0.2, 0.25) is 0 Å². The van der Waals surface area contributed by atoms with E-state index < -0.39 is 0 Å². The standard InChI is InChI=1S/C30H54O4/c1-5-7-9-11-13-18-22-33-29(31)27(24-25(3)4)28(26-20-16-15-17-21-26)30(32)34-23-19-14-12-10-8-6-2/h25-26H,5-24H2,1-4H3/b28-27-. The van der Waals surface area contributed by atoms with Crippen LogP contribution in [0.1, 0.15) is 143 Å². The predicted octanol–water partition coefficient (Wildman–Crippen LogP) is 8.72. The first-order valence-electron chi connectivity index (χ1n) is 14.6. The number of unbranched alkanes of at least 4 members (excludes halogenated alkanes) is 10. The smallest absolute Gasteiger partial charge is 0.334 e. The van der Waals surface area contributed by atoms with E-state index in [1.165, 1.54) is 57.8 Å². The summed E-state index contributed by atoms with van der Waals surface area (Å²) in [6.07, 6.45) is 19.8. The average Bonchev–Trinajstić information content (AvgIpc) is 2.82. The fraction of sp³-hybridized carbons (Fsp3) is 0.867. The van der Waals surface area contributed by atoms with Crippen molar-refractivity contribution in [2.24, 2.45) is 11.8 Å². The highest BCUT2D eigenvalue weighted by atomic mass is 16.5. The molecule has 0 N–H and O–H groups in total. The molecule has 0 unspecified atom stereocenters. The Hall–Kier alpha value is -1.32. The lowest BCUT2D eigenvalue weighted by Crippen LogP contribution is -2.25. The molecule has 0 amide bonds. The van der Waals surface area contributed by atoms with Crippen LogP contribution in [0.3, 0.4) is 0 Å². The van der Waals surface area contributed by atoms with Crippen LogP contribution in [0.4, 0.5) is 0 Å². The van der Waals surface area contributed by atoms with E-state index in [4.69, 9.17) is 9.47 Å². The van der Waals surface area contributed by atoms with Gasteiger partial charge in [-0.3, -0.25) is 0 Å². The van der Waals surface area contributed by atoms with Gasteiger partial charge in [-0.2, -0.15) is 0 Å². The molecule has 4 heteroatoms. The Morgan fingerprint density at radius 1 is 0.676 bits per heavy atom. The molecule has 1 fully saturated rings. The Balaban J connectivity index is 2.80. The Labute approximate surface area is 210 Å². The predicted molar refractivity (Wildman–Crippen MR) is 142 cm³/mol. The van der Waals surface area contributed by atoms with Crippen LogP contribution in [-0.4, -0.2) is 25.2 Å². The second kappa shape index (κ2) is 19.9. The maximum absolute atomic E-state index is 13.3. The molecular formula is C30H54O4. The monoisotopic (exact) mass is 478 g/mol. The molecule has 1 aliphatic rings. The van der Waals surface area contributed by atoms with Crippen molar-refractivity contribution in [1.29, 1.82) is 0 Å². The Bertz CT molecular complexity index is 572. The average molecular weight is 479 g/mol. The van der Waals surface area contributed by atoms with Crippen molar-refractivity contribution in [3.63, 3.8) is 0 Å². The molecule has 1 rings (SSSR count). The minimum absolute atomic E-state index is 0.126. The molecule has 34 heavy (non-hydrogen) atoms. The number of carbonyl (C=O) groups is 2. The van der Waals surface area contributed by atoms with E-state index in [0.29, 0.717) is 30.8 Å². The number of hydrogen-bond acceptors (Lipinski definition) is 4. The highest BCUT2D eigenvalue weighted by Gasteiger charge is 2.31. The number of rotatable bonds is 19. The van der Waals surface area contributed by atoms with E-state index in [1.54, 1.807) is 0 Å². The van der Waals surface area contributed by atoms with Gasteiger partial charge in [-0.1, -0.05) is 111 Å². The quantitative estimate of drug-likeness (QED) is 0.106. The number of ether oxygens (including phenoxy) is 2. The normalized spacial score (nSPS) is 15.3. The molecule has 0 aromatic heterocycles. The van der Waals surface area contributed by atoms with Crippen molar-refractivity contribution >= 4 is 11.9 Å². The summed E-state index contributed by atoms with van der Waals surface area (Å²) in [4.78, 5) is 26.5. The minimum Gasteiger partial charge on any atom is -0.462 e. The molecule has 0 heterocycles. The molecule has 0 aromatic carbocycles. The van der Waals surface area contributed by atoms with Crippen LogP contribution >= 0.6 is 0 Å². The lowest BCUT2D eigenvalue weighted by Gasteiger charge is -2.26. The minimum atomic E-state index is -0.292. The van der Waals surface area contributed by atoms with Crippen molar-refractivity contribution < 1.29 is 19.1 Å². The van der Waals surface area contributed by atoms with Crippen molar-refractivity contribution in [1.82, 2.24) is 0 Å². The second-order valence-electron chi connectivity index (χ2n) is 10.6. The Morgan fingerprint density at radius 2 is 1.15 bits per heavy atom. The zero-order valence-electron chi connectivity index (χ0n) is 22.9. The third-order valence-electron chi connectivity index (χ3n) is 6.88. The summed E-state index contributed by atoms with van der Waals surface area (Å²) in [5, 5.41) is 0. The molecule has 4 nitrogen and oxygen atoms in total. The summed E-state index contributed by atoms with van der Waals surface area (Å²) in [5.74, 6) is -0.158. The highest BCUT2D eigenvalue weighted by Crippen LogP contribution is 2.34. The third kappa shape index (κ3) is 13.5. The van der Waals surface area contributed by atoms with Crippen LogP contribution < -0.4 is 0 Å². The highest BCUT2D eigenvalue weighted by molar-refractivity contribution is 6.00. The van der Waals surface area contributed by atoms with Gasteiger partial charge in [-0.05, 0) is 43.9 Å². The topological polar surface area (TPSA) is 52.6 Å². The fourth-order valence-corrected chi connectivity index (χ4v) is 4.90. The van der Waals surface area contributed by atoms with Gasteiger partial charge in [-0.25, -0.2) is 9.59 Å². The summed E-state index contributed by atoms with van der Waals surface area (Å²) >= 11 is 0. The van der Waals surface area contributed by atoms with Crippen molar-refractivity contribution in [2.75, 3.05) is 13.2 Å². The van der Waals surface area contributed by atoms with Crippen LogP contribution in [0.5, 0.6) is 0 Å². The number of esters is 2. The van der Waals surface area contributed by atoms with E-state index in [2.05, 4.69) is 27.7 Å². The van der Waals surface area contributed by atoms with Gasteiger partial charge >= 0.3 is 11.9 Å². The summed E-state index contributed by atoms with van der Waals surface area (Å²) in [6.45, 7) is 9.52. The molecule has 1 saturated carbocycles. The molecule has 0 spiro atoms. The summed E-state index contributed by atoms with van der Waals surface area (Å²) in [6, 6.07) is 0. The Morgan fingerprint density at radius 3 is 1.65 bits per heavy atom. The molecule has 0 aromatic rings. The Kier molecular flexibility index (Phi) is 18.0. The SMILES string of the molecule is CCCCCCCCOC(=O)/C(CC(C)C)=C(\C(=O)OCCCCCCCC)C1CCCCC1. The zero-order valence-corrected chi connectivity index (χ0v) is 22.9. The van der Waals surface area contributed by atoms with Crippen LogP contribution in [-0.2, 0) is 19.1 Å². The van der Waals surface area contributed by atoms with E-state index in [-0.39, 0.29) is 23.8 Å². The second-order valence-corrected chi connectivity index (χ2v) is 10.6. The first kappa shape index (κ1) is 30.7. The summed E-state index contributed by atoms with van der Waals surface area (Å²) < 4.78 is 11.5. The van der Waals surface area contributed by atoms with Gasteiger partial charge in [0.1, 0.15) is 0 Å². The van der Waals surface area contributed by atoms with Gasteiger partial charge in [0.15, 0.2) is 0 Å². The maximum Gasteiger partial charge on any atom is 0.334 e. The third-order valence-corrected chi connectivity index (χ3v) is 6.88. The van der Waals surface area contributed by atoms with E-state index >= 15 is 0 Å². The van der Waals surface area contributed by atoms with Crippen LogP contribution in [0.2, 0.25) is 0 Å². The van der Waals surface area contributed by atoms with Gasteiger partial charge < -0.3 is 9.47 Å². The first-order valence-corrected chi connectivity index (χ1v) is 14.6. The van der Waals surface area contributed by atoms with Crippen LogP contribution in [0, 0.1) is 11.8 Å². The molecule has 0 saturated heterocycles. The van der Waals surface area contributed by atoms with E-state index in [9.17, 15) is 9.59 Å².